The van der Waals surface area contributed by atoms with Crippen molar-refractivity contribution in [3.8, 4) is 5.75 Å². The first kappa shape index (κ1) is 19.1. The second-order valence-corrected chi connectivity index (χ2v) is 6.88. The van der Waals surface area contributed by atoms with Gasteiger partial charge in [-0.3, -0.25) is 4.90 Å². The number of anilines is 1. The van der Waals surface area contributed by atoms with E-state index in [0.29, 0.717) is 5.75 Å². The van der Waals surface area contributed by atoms with Gasteiger partial charge in [0.1, 0.15) is 17.9 Å². The van der Waals surface area contributed by atoms with Crippen LogP contribution in [0.1, 0.15) is 23.7 Å². The number of carboxylic acid groups (broad SMARTS) is 1. The Hall–Kier alpha value is -2.67. The van der Waals surface area contributed by atoms with Crippen molar-refractivity contribution in [1.29, 1.82) is 0 Å². The first-order valence-electron chi connectivity index (χ1n) is 9.18. The third-order valence-electron chi connectivity index (χ3n) is 5.00. The molecular formula is C20H26N4O3. The number of hydrogen-bond acceptors (Lipinski definition) is 6. The van der Waals surface area contributed by atoms with Crippen LogP contribution in [0.4, 0.5) is 5.82 Å². The minimum Gasteiger partial charge on any atom is -0.479 e. The van der Waals surface area contributed by atoms with Gasteiger partial charge in [0.15, 0.2) is 6.10 Å². The van der Waals surface area contributed by atoms with Crippen molar-refractivity contribution in [2.45, 2.75) is 33.4 Å². The molecule has 1 N–H and O–H groups in total. The summed E-state index contributed by atoms with van der Waals surface area (Å²) in [7, 11) is 0. The minimum atomic E-state index is -0.964. The number of hydrogen-bond donors (Lipinski definition) is 1. The number of nitrogens with zero attached hydrogens (tertiary/aromatic N) is 4. The van der Waals surface area contributed by atoms with Gasteiger partial charge >= 0.3 is 5.97 Å². The van der Waals surface area contributed by atoms with E-state index in [2.05, 4.69) is 26.7 Å². The molecule has 1 saturated heterocycles. The van der Waals surface area contributed by atoms with E-state index in [1.165, 1.54) is 0 Å². The number of aryl methyl sites for hydroxylation is 1. The van der Waals surface area contributed by atoms with Gasteiger partial charge in [-0.15, -0.1) is 0 Å². The molecule has 0 amide bonds. The van der Waals surface area contributed by atoms with Crippen molar-refractivity contribution < 1.29 is 14.6 Å². The summed E-state index contributed by atoms with van der Waals surface area (Å²) in [6, 6.07) is 7.65. The zero-order valence-corrected chi connectivity index (χ0v) is 16.1. The van der Waals surface area contributed by atoms with Crippen LogP contribution in [-0.2, 0) is 11.3 Å². The highest BCUT2D eigenvalue weighted by molar-refractivity contribution is 5.72. The Balaban J connectivity index is 1.63. The molecule has 27 heavy (non-hydrogen) atoms. The molecule has 7 nitrogen and oxygen atoms in total. The molecule has 2 heterocycles. The van der Waals surface area contributed by atoms with Gasteiger partial charge in [-0.05, 0) is 26.8 Å². The quantitative estimate of drug-likeness (QED) is 0.835. The van der Waals surface area contributed by atoms with Crippen LogP contribution in [0.3, 0.4) is 0 Å². The van der Waals surface area contributed by atoms with Crippen molar-refractivity contribution in [2.24, 2.45) is 0 Å². The minimum absolute atomic E-state index is 0.636. The lowest BCUT2D eigenvalue weighted by Crippen LogP contribution is -2.46. The van der Waals surface area contributed by atoms with Crippen LogP contribution in [0, 0.1) is 13.8 Å². The fraction of sp³-hybridized carbons (Fsp3) is 0.450. The smallest absolute Gasteiger partial charge is 0.344 e. The second-order valence-electron chi connectivity index (χ2n) is 6.88. The van der Waals surface area contributed by atoms with E-state index < -0.39 is 12.1 Å². The standard InChI is InChI=1S/C20H26N4O3/c1-14-15(2)21-13-22-19(14)24-10-8-23(9-11-24)12-17-6-4-5-7-18(17)27-16(3)20(25)26/h4-7,13,16H,8-12H2,1-3H3,(H,25,26)/t16-/m1/s1. The summed E-state index contributed by atoms with van der Waals surface area (Å²) < 4.78 is 5.61. The summed E-state index contributed by atoms with van der Waals surface area (Å²) in [6.45, 7) is 9.95. The predicted molar refractivity (Wildman–Crippen MR) is 103 cm³/mol. The Morgan fingerprint density at radius 2 is 1.89 bits per heavy atom. The molecule has 3 rings (SSSR count). The Bertz CT molecular complexity index is 804. The molecule has 1 aromatic carbocycles. The lowest BCUT2D eigenvalue weighted by molar-refractivity contribution is -0.144. The van der Waals surface area contributed by atoms with Crippen LogP contribution in [0.5, 0.6) is 5.75 Å². The summed E-state index contributed by atoms with van der Waals surface area (Å²) in [4.78, 5) is 24.4. The third-order valence-corrected chi connectivity index (χ3v) is 5.00. The average Bonchev–Trinajstić information content (AvgIpc) is 2.66. The van der Waals surface area contributed by atoms with Crippen molar-refractivity contribution in [1.82, 2.24) is 14.9 Å². The molecule has 0 bridgehead atoms. The third kappa shape index (κ3) is 4.54. The van der Waals surface area contributed by atoms with Gasteiger partial charge in [-0.2, -0.15) is 0 Å². The molecule has 1 aromatic heterocycles. The maximum Gasteiger partial charge on any atom is 0.344 e. The van der Waals surface area contributed by atoms with Gasteiger partial charge < -0.3 is 14.7 Å². The molecule has 0 radical (unpaired) electrons. The Morgan fingerprint density at radius 3 is 2.59 bits per heavy atom. The average molecular weight is 370 g/mol. The number of ether oxygens (including phenoxy) is 1. The highest BCUT2D eigenvalue weighted by Gasteiger charge is 2.21. The number of para-hydroxylation sites is 1. The molecule has 1 aliphatic heterocycles. The molecule has 1 aliphatic rings. The van der Waals surface area contributed by atoms with E-state index in [0.717, 1.165) is 55.4 Å². The lowest BCUT2D eigenvalue weighted by atomic mass is 10.1. The molecule has 7 heteroatoms. The van der Waals surface area contributed by atoms with Crippen molar-refractivity contribution in [2.75, 3.05) is 31.1 Å². The van der Waals surface area contributed by atoms with Gasteiger partial charge in [-0.1, -0.05) is 18.2 Å². The fourth-order valence-corrected chi connectivity index (χ4v) is 3.19. The highest BCUT2D eigenvalue weighted by Crippen LogP contribution is 2.24. The molecule has 2 aromatic rings. The molecule has 0 unspecified atom stereocenters. The van der Waals surface area contributed by atoms with Crippen LogP contribution >= 0.6 is 0 Å². The number of rotatable bonds is 6. The van der Waals surface area contributed by atoms with Gasteiger partial charge in [0, 0.05) is 49.5 Å². The van der Waals surface area contributed by atoms with Gasteiger partial charge in [-0.25, -0.2) is 14.8 Å². The van der Waals surface area contributed by atoms with Crippen molar-refractivity contribution in [3.63, 3.8) is 0 Å². The lowest BCUT2D eigenvalue weighted by Gasteiger charge is -2.36. The number of aliphatic carboxylic acids is 1. The summed E-state index contributed by atoms with van der Waals surface area (Å²) in [5.41, 5.74) is 3.15. The Morgan fingerprint density at radius 1 is 1.19 bits per heavy atom. The van der Waals surface area contributed by atoms with Crippen molar-refractivity contribution >= 4 is 11.8 Å². The van der Waals surface area contributed by atoms with E-state index in [4.69, 9.17) is 9.84 Å². The molecule has 1 fully saturated rings. The molecule has 1 atom stereocenters. The molecule has 144 valence electrons. The number of aromatic nitrogens is 2. The second kappa shape index (κ2) is 8.35. The topological polar surface area (TPSA) is 78.8 Å². The van der Waals surface area contributed by atoms with Crippen LogP contribution in [0.15, 0.2) is 30.6 Å². The van der Waals surface area contributed by atoms with E-state index in [-0.39, 0.29) is 0 Å². The molecule has 0 spiro atoms. The molecule has 0 saturated carbocycles. The fourth-order valence-electron chi connectivity index (χ4n) is 3.19. The van der Waals surface area contributed by atoms with Gasteiger partial charge in [0.05, 0.1) is 0 Å². The summed E-state index contributed by atoms with van der Waals surface area (Å²) >= 11 is 0. The molecule has 0 aliphatic carbocycles. The van der Waals surface area contributed by atoms with E-state index in [9.17, 15) is 4.79 Å². The zero-order valence-electron chi connectivity index (χ0n) is 16.1. The van der Waals surface area contributed by atoms with E-state index in [1.807, 2.05) is 31.2 Å². The number of benzene rings is 1. The van der Waals surface area contributed by atoms with Crippen LogP contribution in [0.2, 0.25) is 0 Å². The number of carboxylic acids is 1. The monoisotopic (exact) mass is 370 g/mol. The van der Waals surface area contributed by atoms with Crippen LogP contribution < -0.4 is 9.64 Å². The van der Waals surface area contributed by atoms with Crippen molar-refractivity contribution in [3.05, 3.63) is 47.4 Å². The summed E-state index contributed by atoms with van der Waals surface area (Å²) in [5.74, 6) is 0.687. The maximum absolute atomic E-state index is 11.1. The van der Waals surface area contributed by atoms with Crippen LogP contribution in [0.25, 0.3) is 0 Å². The first-order chi connectivity index (χ1) is 13.0. The Labute approximate surface area is 159 Å². The highest BCUT2D eigenvalue weighted by atomic mass is 16.5. The van der Waals surface area contributed by atoms with Gasteiger partial charge in [0.2, 0.25) is 0 Å². The number of piperazine rings is 1. The largest absolute Gasteiger partial charge is 0.479 e. The van der Waals surface area contributed by atoms with E-state index in [1.54, 1.807) is 13.3 Å². The maximum atomic E-state index is 11.1. The number of carbonyl (C=O) groups is 1. The van der Waals surface area contributed by atoms with Crippen LogP contribution in [-0.4, -0.2) is 58.2 Å². The SMILES string of the molecule is Cc1ncnc(N2CCN(Cc3ccccc3O[C@H](C)C(=O)O)CC2)c1C. The summed E-state index contributed by atoms with van der Waals surface area (Å²) in [6.07, 6.45) is 0.758. The first-order valence-corrected chi connectivity index (χ1v) is 9.18. The Kier molecular flexibility index (Phi) is 5.91. The molecular weight excluding hydrogens is 344 g/mol. The van der Waals surface area contributed by atoms with Gasteiger partial charge in [0.25, 0.3) is 0 Å². The predicted octanol–water partition coefficient (Wildman–Crippen LogP) is 2.27. The summed E-state index contributed by atoms with van der Waals surface area (Å²) in [5, 5.41) is 9.08. The zero-order chi connectivity index (χ0) is 19.4. The van der Waals surface area contributed by atoms with E-state index >= 15 is 0 Å². The normalized spacial score (nSPS) is 16.2.